The number of rotatable bonds is 2. The highest BCUT2D eigenvalue weighted by molar-refractivity contribution is 9.10. The molecule has 0 fully saturated rings. The molecule has 2 nitrogen and oxygen atoms in total. The molecule has 0 spiro atoms. The summed E-state index contributed by atoms with van der Waals surface area (Å²) in [6.45, 7) is 0. The van der Waals surface area contributed by atoms with E-state index in [0.29, 0.717) is 20.8 Å². The molecular weight excluding hydrogens is 446 g/mol. The molecule has 2 aromatic carbocycles. The molecule has 0 saturated carbocycles. The fourth-order valence-corrected chi connectivity index (χ4v) is 3.12. The Hall–Kier alpha value is -0.620. The highest BCUT2D eigenvalue weighted by atomic mass is 79.9. The van der Waals surface area contributed by atoms with Gasteiger partial charge in [-0.2, -0.15) is 0 Å². The molecule has 0 bridgehead atoms. The zero-order valence-corrected chi connectivity index (χ0v) is 15.1. The van der Waals surface area contributed by atoms with E-state index in [0.717, 1.165) is 15.7 Å². The van der Waals surface area contributed by atoms with E-state index in [9.17, 15) is 4.39 Å². The van der Waals surface area contributed by atoms with Crippen LogP contribution in [0, 0.1) is 5.82 Å². The van der Waals surface area contributed by atoms with Gasteiger partial charge in [-0.3, -0.25) is 4.57 Å². The Labute approximate surface area is 147 Å². The van der Waals surface area contributed by atoms with Crippen molar-refractivity contribution in [1.82, 2.24) is 9.55 Å². The van der Waals surface area contributed by atoms with E-state index in [1.165, 1.54) is 6.07 Å². The molecule has 0 aliphatic heterocycles. The van der Waals surface area contributed by atoms with Crippen molar-refractivity contribution in [2.24, 2.45) is 0 Å². The van der Waals surface area contributed by atoms with E-state index in [-0.39, 0.29) is 11.7 Å². The molecule has 3 rings (SSSR count). The fourth-order valence-electron chi connectivity index (χ4n) is 2.12. The largest absolute Gasteiger partial charge is 0.295 e. The lowest BCUT2D eigenvalue weighted by molar-refractivity contribution is 0.623. The number of imidazole rings is 1. The number of nitrogens with zero attached hydrogens (tertiary/aromatic N) is 2. The van der Waals surface area contributed by atoms with Gasteiger partial charge < -0.3 is 0 Å². The van der Waals surface area contributed by atoms with Gasteiger partial charge in [-0.15, -0.1) is 11.6 Å². The summed E-state index contributed by atoms with van der Waals surface area (Å²) in [5.74, 6) is 0.498. The molecular formula is C14H7Br2Cl2FN2. The Morgan fingerprint density at radius 2 is 1.90 bits per heavy atom. The molecule has 108 valence electrons. The van der Waals surface area contributed by atoms with Crippen molar-refractivity contribution in [1.29, 1.82) is 0 Å². The van der Waals surface area contributed by atoms with E-state index < -0.39 is 0 Å². The van der Waals surface area contributed by atoms with Crippen molar-refractivity contribution in [2.45, 2.75) is 5.88 Å². The Morgan fingerprint density at radius 3 is 2.57 bits per heavy atom. The Bertz CT molecular complexity index is 849. The second kappa shape index (κ2) is 5.88. The van der Waals surface area contributed by atoms with Crippen molar-refractivity contribution in [3.63, 3.8) is 0 Å². The smallest absolute Gasteiger partial charge is 0.139 e. The van der Waals surface area contributed by atoms with Crippen LogP contribution in [0.2, 0.25) is 5.02 Å². The predicted octanol–water partition coefficient (Wildman–Crippen LogP) is 6.08. The first-order valence-corrected chi connectivity index (χ1v) is 8.39. The number of benzene rings is 2. The Kier molecular flexibility index (Phi) is 4.28. The number of fused-ring (bicyclic) bond motifs is 1. The van der Waals surface area contributed by atoms with E-state index in [4.69, 9.17) is 23.2 Å². The van der Waals surface area contributed by atoms with Gasteiger partial charge in [0.1, 0.15) is 11.6 Å². The zero-order valence-electron chi connectivity index (χ0n) is 10.4. The minimum atomic E-state index is -0.356. The van der Waals surface area contributed by atoms with Crippen LogP contribution >= 0.6 is 55.1 Å². The number of halogens is 5. The molecule has 0 saturated heterocycles. The fraction of sp³-hybridized carbons (Fsp3) is 0.0714. The second-order valence-corrected chi connectivity index (χ2v) is 6.73. The molecule has 0 atom stereocenters. The van der Waals surface area contributed by atoms with Crippen LogP contribution in [0.4, 0.5) is 4.39 Å². The summed E-state index contributed by atoms with van der Waals surface area (Å²) >= 11 is 18.6. The predicted molar refractivity (Wildman–Crippen MR) is 91.0 cm³/mol. The van der Waals surface area contributed by atoms with Crippen molar-refractivity contribution in [3.8, 4) is 5.69 Å². The molecule has 0 amide bonds. The lowest BCUT2D eigenvalue weighted by Crippen LogP contribution is -1.99. The highest BCUT2D eigenvalue weighted by Gasteiger charge is 2.15. The molecule has 21 heavy (non-hydrogen) atoms. The maximum absolute atomic E-state index is 13.7. The first kappa shape index (κ1) is 15.3. The maximum atomic E-state index is 13.7. The van der Waals surface area contributed by atoms with Crippen LogP contribution in [-0.2, 0) is 5.88 Å². The van der Waals surface area contributed by atoms with Gasteiger partial charge >= 0.3 is 0 Å². The molecule has 0 aliphatic carbocycles. The lowest BCUT2D eigenvalue weighted by Gasteiger charge is -2.09. The monoisotopic (exact) mass is 450 g/mol. The summed E-state index contributed by atoms with van der Waals surface area (Å²) in [6, 6.07) is 8.59. The van der Waals surface area contributed by atoms with E-state index in [1.54, 1.807) is 12.1 Å². The van der Waals surface area contributed by atoms with Crippen LogP contribution in [0.3, 0.4) is 0 Å². The molecule has 0 radical (unpaired) electrons. The summed E-state index contributed by atoms with van der Waals surface area (Å²) < 4.78 is 16.7. The van der Waals surface area contributed by atoms with Gasteiger partial charge in [0.25, 0.3) is 0 Å². The summed E-state index contributed by atoms with van der Waals surface area (Å²) in [5, 5.41) is 0.614. The summed E-state index contributed by atoms with van der Waals surface area (Å²) in [4.78, 5) is 4.38. The van der Waals surface area contributed by atoms with Gasteiger partial charge in [0.05, 0.1) is 26.4 Å². The SMILES string of the molecule is Fc1cc2nc(CCl)n(-c3ccc(Cl)c(Br)c3)c2cc1Br. The standard InChI is InChI=1S/C14H7Br2Cl2FN2/c15-8-3-7(1-2-10(8)18)21-13-4-9(16)11(19)5-12(13)20-14(21)6-17/h1-5H,6H2. The van der Waals surface area contributed by atoms with Gasteiger partial charge in [-0.05, 0) is 56.1 Å². The van der Waals surface area contributed by atoms with E-state index >= 15 is 0 Å². The number of aromatic nitrogens is 2. The van der Waals surface area contributed by atoms with Crippen molar-refractivity contribution in [2.75, 3.05) is 0 Å². The first-order valence-electron chi connectivity index (χ1n) is 5.89. The van der Waals surface area contributed by atoms with Gasteiger partial charge in [-0.25, -0.2) is 9.37 Å². The van der Waals surface area contributed by atoms with Gasteiger partial charge in [0, 0.05) is 16.2 Å². The van der Waals surface area contributed by atoms with E-state index in [1.807, 2.05) is 16.7 Å². The van der Waals surface area contributed by atoms with Crippen molar-refractivity contribution >= 4 is 66.1 Å². The van der Waals surface area contributed by atoms with Crippen molar-refractivity contribution in [3.05, 3.63) is 55.9 Å². The normalized spacial score (nSPS) is 11.3. The molecule has 3 aromatic rings. The van der Waals surface area contributed by atoms with Crippen LogP contribution in [0.15, 0.2) is 39.3 Å². The lowest BCUT2D eigenvalue weighted by atomic mass is 10.2. The third-order valence-corrected chi connectivity index (χ3v) is 5.11. The molecule has 0 unspecified atom stereocenters. The minimum Gasteiger partial charge on any atom is -0.295 e. The summed E-state index contributed by atoms with van der Waals surface area (Å²) in [5.41, 5.74) is 2.17. The van der Waals surface area contributed by atoms with Crippen LogP contribution in [0.5, 0.6) is 0 Å². The Balaban J connectivity index is 2.34. The quantitative estimate of drug-likeness (QED) is 0.431. The molecule has 1 heterocycles. The first-order chi connectivity index (χ1) is 10.0. The average Bonchev–Trinajstić information content (AvgIpc) is 2.80. The zero-order chi connectivity index (χ0) is 15.1. The summed E-state index contributed by atoms with van der Waals surface area (Å²) in [6.07, 6.45) is 0. The maximum Gasteiger partial charge on any atom is 0.139 e. The molecule has 0 N–H and O–H groups in total. The number of hydrogen-bond donors (Lipinski definition) is 0. The van der Waals surface area contributed by atoms with Crippen molar-refractivity contribution < 1.29 is 4.39 Å². The van der Waals surface area contributed by atoms with Gasteiger partial charge in [0.15, 0.2) is 0 Å². The third-order valence-electron chi connectivity index (χ3n) is 3.05. The number of alkyl halides is 1. The van der Waals surface area contributed by atoms with Gasteiger partial charge in [-0.1, -0.05) is 11.6 Å². The minimum absolute atomic E-state index is 0.216. The highest BCUT2D eigenvalue weighted by Crippen LogP contribution is 2.30. The topological polar surface area (TPSA) is 17.8 Å². The van der Waals surface area contributed by atoms with E-state index in [2.05, 4.69) is 36.8 Å². The average molecular weight is 453 g/mol. The molecule has 7 heteroatoms. The second-order valence-electron chi connectivity index (χ2n) is 4.35. The van der Waals surface area contributed by atoms with Crippen LogP contribution < -0.4 is 0 Å². The van der Waals surface area contributed by atoms with Gasteiger partial charge in [0.2, 0.25) is 0 Å². The third kappa shape index (κ3) is 2.72. The van der Waals surface area contributed by atoms with Crippen LogP contribution in [0.1, 0.15) is 5.82 Å². The molecule has 0 aliphatic rings. The Morgan fingerprint density at radius 1 is 1.14 bits per heavy atom. The van der Waals surface area contributed by atoms with Crippen LogP contribution in [-0.4, -0.2) is 9.55 Å². The molecule has 1 aromatic heterocycles. The number of hydrogen-bond acceptors (Lipinski definition) is 1. The summed E-state index contributed by atoms with van der Waals surface area (Å²) in [7, 11) is 0. The van der Waals surface area contributed by atoms with Crippen LogP contribution in [0.25, 0.3) is 16.7 Å².